The van der Waals surface area contributed by atoms with Gasteiger partial charge in [0, 0.05) is 28.5 Å². The van der Waals surface area contributed by atoms with Crippen molar-refractivity contribution in [1.29, 1.82) is 0 Å². The lowest BCUT2D eigenvalue weighted by Gasteiger charge is -2.58. The van der Waals surface area contributed by atoms with Crippen molar-refractivity contribution in [3.8, 4) is 5.75 Å². The van der Waals surface area contributed by atoms with Crippen LogP contribution in [0.1, 0.15) is 68.6 Å². The van der Waals surface area contributed by atoms with Crippen LogP contribution in [0.3, 0.4) is 0 Å². The number of unbranched alkanes of at least 4 members (excludes halogenated alkanes) is 1. The van der Waals surface area contributed by atoms with Gasteiger partial charge in [-0.3, -0.25) is 10.1 Å². The molecular weight excluding hydrogens is 610 g/mol. The molecule has 226 valence electrons. The van der Waals surface area contributed by atoms with Gasteiger partial charge in [-0.1, -0.05) is 68.7 Å². The van der Waals surface area contributed by atoms with E-state index in [1.165, 1.54) is 11.6 Å². The monoisotopic (exact) mass is 647 g/mol. The summed E-state index contributed by atoms with van der Waals surface area (Å²) in [6.45, 7) is 3.60. The van der Waals surface area contributed by atoms with E-state index >= 15 is 0 Å². The second kappa shape index (κ2) is 12.6. The summed E-state index contributed by atoms with van der Waals surface area (Å²) >= 11 is 3.94. The molecule has 0 aromatic heterocycles. The van der Waals surface area contributed by atoms with Gasteiger partial charge >= 0.3 is 6.09 Å². The van der Waals surface area contributed by atoms with E-state index in [4.69, 9.17) is 9.47 Å². The number of fused-ring (bicyclic) bond motifs is 1. The Hall–Kier alpha value is -3.59. The summed E-state index contributed by atoms with van der Waals surface area (Å²) in [5, 5.41) is 15.2. The summed E-state index contributed by atoms with van der Waals surface area (Å²) in [5.41, 5.74) is 4.47. The number of nitrogens with one attached hydrogen (secondary N) is 1. The Morgan fingerprint density at radius 3 is 2.72 bits per heavy atom. The zero-order valence-corrected chi connectivity index (χ0v) is 26.1. The highest BCUT2D eigenvalue weighted by Crippen LogP contribution is 2.59. The van der Waals surface area contributed by atoms with Crippen LogP contribution in [0.15, 0.2) is 65.1 Å². The van der Waals surface area contributed by atoms with Crippen LogP contribution in [-0.4, -0.2) is 35.1 Å². The summed E-state index contributed by atoms with van der Waals surface area (Å²) in [4.78, 5) is 27.0. The van der Waals surface area contributed by atoms with Crippen LogP contribution in [0, 0.1) is 16.0 Å². The first-order valence-electron chi connectivity index (χ1n) is 15.4. The number of hydrogen-bond acceptors (Lipinski definition) is 6. The molecule has 2 aliphatic carbocycles. The molecule has 1 heterocycles. The number of halogens is 1. The number of nitro benzene ring substituents is 1. The maximum atomic E-state index is 13.5. The largest absolute Gasteiger partial charge is 0.491 e. The molecule has 3 aromatic rings. The van der Waals surface area contributed by atoms with Crippen LogP contribution in [0.25, 0.3) is 0 Å². The van der Waals surface area contributed by atoms with E-state index in [0.717, 1.165) is 60.5 Å². The Morgan fingerprint density at radius 1 is 1.14 bits per heavy atom. The van der Waals surface area contributed by atoms with Crippen LogP contribution in [-0.2, 0) is 23.2 Å². The van der Waals surface area contributed by atoms with Crippen molar-refractivity contribution in [2.45, 2.75) is 76.4 Å². The van der Waals surface area contributed by atoms with E-state index in [9.17, 15) is 14.9 Å². The van der Waals surface area contributed by atoms with Crippen LogP contribution in [0.5, 0.6) is 5.75 Å². The maximum absolute atomic E-state index is 13.5. The second-order valence-electron chi connectivity index (χ2n) is 12.0. The fraction of sp³-hybridized carbons (Fsp3) is 0.441. The molecule has 3 aliphatic rings. The van der Waals surface area contributed by atoms with Gasteiger partial charge in [0.15, 0.2) is 0 Å². The molecule has 1 saturated heterocycles. The number of nitrogens with zero attached hydrogens (tertiary/aromatic N) is 2. The molecule has 9 heteroatoms. The molecule has 0 unspecified atom stereocenters. The van der Waals surface area contributed by atoms with Crippen molar-refractivity contribution < 1.29 is 19.2 Å². The highest BCUT2D eigenvalue weighted by Gasteiger charge is 2.56. The predicted molar refractivity (Wildman–Crippen MR) is 170 cm³/mol. The van der Waals surface area contributed by atoms with E-state index in [-0.39, 0.29) is 34.8 Å². The molecule has 1 N–H and O–H groups in total. The highest BCUT2D eigenvalue weighted by atomic mass is 79.9. The predicted octanol–water partition coefficient (Wildman–Crippen LogP) is 8.68. The number of rotatable bonds is 9. The summed E-state index contributed by atoms with van der Waals surface area (Å²) in [5.74, 6) is 1.05. The minimum absolute atomic E-state index is 0.00164. The number of benzene rings is 3. The van der Waals surface area contributed by atoms with E-state index in [1.54, 1.807) is 18.2 Å². The van der Waals surface area contributed by atoms with Crippen molar-refractivity contribution in [3.05, 3.63) is 91.9 Å². The Labute approximate surface area is 261 Å². The summed E-state index contributed by atoms with van der Waals surface area (Å²) in [6, 6.07) is 18.7. The Balaban J connectivity index is 1.39. The van der Waals surface area contributed by atoms with Gasteiger partial charge in [-0.2, -0.15) is 0 Å². The van der Waals surface area contributed by atoms with Crippen molar-refractivity contribution in [2.75, 3.05) is 18.5 Å². The Morgan fingerprint density at radius 2 is 1.93 bits per heavy atom. The van der Waals surface area contributed by atoms with Gasteiger partial charge in [0.05, 0.1) is 17.2 Å². The number of carbonyl (C=O) groups excluding carboxylic acids is 1. The molecule has 3 atom stereocenters. The third-order valence-corrected chi connectivity index (χ3v) is 10.5. The van der Waals surface area contributed by atoms with Crippen LogP contribution in [0.2, 0.25) is 0 Å². The number of amides is 1. The molecule has 6 rings (SSSR count). The number of ether oxygens (including phenoxy) is 2. The molecule has 0 spiro atoms. The molecule has 2 bridgehead atoms. The minimum atomic E-state index is -0.374. The number of hydrogen-bond donors (Lipinski definition) is 1. The van der Waals surface area contributed by atoms with Gasteiger partial charge in [-0.05, 0) is 82.8 Å². The first-order chi connectivity index (χ1) is 20.9. The molecular formula is C34H38BrN3O5. The van der Waals surface area contributed by atoms with Crippen molar-refractivity contribution in [1.82, 2.24) is 4.90 Å². The quantitative estimate of drug-likeness (QED) is 0.142. The number of carbonyl (C=O) groups is 1. The summed E-state index contributed by atoms with van der Waals surface area (Å²) in [6.07, 6.45) is 7.68. The van der Waals surface area contributed by atoms with Crippen LogP contribution < -0.4 is 10.1 Å². The lowest BCUT2D eigenvalue weighted by molar-refractivity contribution is -0.383. The first-order valence-corrected chi connectivity index (χ1v) is 16.2. The zero-order valence-electron chi connectivity index (χ0n) is 24.5. The van der Waals surface area contributed by atoms with Crippen LogP contribution in [0.4, 0.5) is 21.9 Å². The van der Waals surface area contributed by atoms with Gasteiger partial charge in [0.1, 0.15) is 18.0 Å². The molecule has 1 saturated carbocycles. The van der Waals surface area contributed by atoms with E-state index in [0.29, 0.717) is 42.6 Å². The average Bonchev–Trinajstić information content (AvgIpc) is 3.02. The topological polar surface area (TPSA) is 93.9 Å². The minimum Gasteiger partial charge on any atom is -0.491 e. The molecule has 1 amide bonds. The number of piperidine rings is 1. The fourth-order valence-electron chi connectivity index (χ4n) is 7.54. The van der Waals surface area contributed by atoms with Gasteiger partial charge in [-0.25, -0.2) is 4.79 Å². The third-order valence-electron chi connectivity index (χ3n) is 9.60. The van der Waals surface area contributed by atoms with Gasteiger partial charge in [0.2, 0.25) is 0 Å². The Kier molecular flexibility index (Phi) is 8.61. The number of nitro groups is 1. The van der Waals surface area contributed by atoms with Crippen molar-refractivity contribution >= 4 is 39.1 Å². The molecule has 8 nitrogen and oxygen atoms in total. The average molecular weight is 649 g/mol. The molecule has 1 aliphatic heterocycles. The normalized spacial score (nSPS) is 22.2. The molecule has 3 aromatic carbocycles. The van der Waals surface area contributed by atoms with E-state index in [2.05, 4.69) is 34.2 Å². The highest BCUT2D eigenvalue weighted by molar-refractivity contribution is 9.10. The van der Waals surface area contributed by atoms with Gasteiger partial charge in [0.25, 0.3) is 5.69 Å². The smallest absolute Gasteiger partial charge is 0.410 e. The van der Waals surface area contributed by atoms with Crippen molar-refractivity contribution in [2.24, 2.45) is 5.92 Å². The third kappa shape index (κ3) is 5.59. The molecule has 0 radical (unpaired) electrons. The maximum Gasteiger partial charge on any atom is 0.410 e. The van der Waals surface area contributed by atoms with Crippen molar-refractivity contribution in [3.63, 3.8) is 0 Å². The van der Waals surface area contributed by atoms with E-state index in [1.807, 2.05) is 35.2 Å². The first kappa shape index (κ1) is 29.5. The number of para-hydroxylation sites is 2. The molecule has 2 fully saturated rings. The second-order valence-corrected chi connectivity index (χ2v) is 12.7. The summed E-state index contributed by atoms with van der Waals surface area (Å²) < 4.78 is 13.1. The van der Waals surface area contributed by atoms with Crippen LogP contribution >= 0.6 is 15.9 Å². The number of likely N-dealkylation sites (tertiary alicyclic amines) is 1. The number of anilines is 2. The van der Waals surface area contributed by atoms with Gasteiger partial charge in [-0.15, -0.1) is 0 Å². The lowest BCUT2D eigenvalue weighted by atomic mass is 9.52. The zero-order chi connectivity index (χ0) is 30.0. The summed E-state index contributed by atoms with van der Waals surface area (Å²) in [7, 11) is 0. The molecule has 43 heavy (non-hydrogen) atoms. The fourth-order valence-corrected chi connectivity index (χ4v) is 8.21. The van der Waals surface area contributed by atoms with E-state index < -0.39 is 0 Å². The Bertz CT molecular complexity index is 1500. The standard InChI is InChI=1S/C34H38BrN3O5/c1-2-3-19-42-30-21-26-24(31(35)32(30)36-27-14-7-8-15-28(27)38(40)41)20-29-25-13-9-10-16-34(25,26)17-18-37(29)33(39)43-22-23-11-5-4-6-12-23/h4-8,11-12,14-15,21,25,29,36H,2-3,9-10,13,16-20,22H2,1H3/t25-,29+,34+/m1/s1. The SMILES string of the molecule is CCCCOc1cc2c(c(Br)c1Nc1ccccc1[N+](=O)[O-])C[C@H]1[C@H]3CCCC[C@@]23CCN1C(=O)OCc1ccccc1. The van der Waals surface area contributed by atoms with Gasteiger partial charge < -0.3 is 19.7 Å². The lowest BCUT2D eigenvalue weighted by Crippen LogP contribution is -2.62.